The van der Waals surface area contributed by atoms with Crippen LogP contribution in [0.3, 0.4) is 0 Å². The minimum absolute atomic E-state index is 0. The second kappa shape index (κ2) is 12.5. The molecule has 17 heavy (non-hydrogen) atoms. The summed E-state index contributed by atoms with van der Waals surface area (Å²) in [5.41, 5.74) is 2.21. The van der Waals surface area contributed by atoms with E-state index in [2.05, 4.69) is 39.9 Å². The molecule has 1 rings (SSSR count). The van der Waals surface area contributed by atoms with Gasteiger partial charge in [0.15, 0.2) is 0 Å². The van der Waals surface area contributed by atoms with Gasteiger partial charge >= 0.3 is 32.7 Å². The van der Waals surface area contributed by atoms with Crippen LogP contribution >= 0.6 is 0 Å². The summed E-state index contributed by atoms with van der Waals surface area (Å²) in [4.78, 5) is 0. The van der Waals surface area contributed by atoms with Crippen LogP contribution in [-0.4, -0.2) is 6.04 Å². The van der Waals surface area contributed by atoms with Crippen molar-refractivity contribution in [2.75, 3.05) is 5.32 Å². The van der Waals surface area contributed by atoms with Gasteiger partial charge in [0.25, 0.3) is 0 Å². The third kappa shape index (κ3) is 12.2. The maximum atomic E-state index is 3.81. The number of hydrogen-bond acceptors (Lipinski definition) is 1. The molecule has 1 nitrogen and oxygen atoms in total. The Balaban J connectivity index is 0. The summed E-state index contributed by atoms with van der Waals surface area (Å²) >= 11 is 0. The van der Waals surface area contributed by atoms with Gasteiger partial charge in [-0.25, -0.2) is 0 Å². The number of nitrogens with one attached hydrogen (secondary N) is 1. The Morgan fingerprint density at radius 2 is 1.53 bits per heavy atom. The van der Waals surface area contributed by atoms with Gasteiger partial charge < -0.3 is 19.2 Å². The molecular formula is C15H24NY. The van der Waals surface area contributed by atoms with Crippen LogP contribution in [0.15, 0.2) is 24.3 Å². The smallest absolute Gasteiger partial charge is 0.385 e. The normalized spacial score (nSPS) is 9.00. The largest absolute Gasteiger partial charge is 3.00 e. The van der Waals surface area contributed by atoms with Crippen molar-refractivity contribution in [3.05, 3.63) is 50.6 Å². The molecule has 0 heterocycles. The molecule has 0 radical (unpaired) electrons. The third-order valence-corrected chi connectivity index (χ3v) is 1.91. The van der Waals surface area contributed by atoms with E-state index in [4.69, 9.17) is 0 Å². The number of unbranched alkanes of at least 4 members (excludes halogenated alkanes) is 2. The molecule has 0 amide bonds. The first kappa shape index (κ1) is 19.3. The summed E-state index contributed by atoms with van der Waals surface area (Å²) < 4.78 is 0. The second-order valence-electron chi connectivity index (χ2n) is 4.06. The first-order valence-corrected chi connectivity index (χ1v) is 5.87. The van der Waals surface area contributed by atoms with Crippen LogP contribution in [0.5, 0.6) is 0 Å². The summed E-state index contributed by atoms with van der Waals surface area (Å²) in [6, 6.07) is 8.59. The van der Waals surface area contributed by atoms with E-state index in [1.807, 2.05) is 24.3 Å². The molecule has 0 saturated heterocycles. The van der Waals surface area contributed by atoms with Crippen LogP contribution in [0, 0.1) is 20.8 Å². The van der Waals surface area contributed by atoms with Crippen LogP contribution < -0.4 is 5.32 Å². The predicted molar refractivity (Wildman–Crippen MR) is 74.2 cm³/mol. The molecule has 0 spiro atoms. The fourth-order valence-corrected chi connectivity index (χ4v) is 1.11. The van der Waals surface area contributed by atoms with Gasteiger partial charge in [-0.05, 0) is 13.8 Å². The van der Waals surface area contributed by atoms with Crippen molar-refractivity contribution in [1.82, 2.24) is 0 Å². The van der Waals surface area contributed by atoms with Gasteiger partial charge in [-0.1, -0.05) is 12.1 Å². The maximum Gasteiger partial charge on any atom is 3.00 e. The van der Waals surface area contributed by atoms with Gasteiger partial charge in [-0.15, -0.1) is 6.42 Å². The molecule has 0 unspecified atom stereocenters. The molecule has 0 aliphatic carbocycles. The predicted octanol–water partition coefficient (Wildman–Crippen LogP) is 4.51. The van der Waals surface area contributed by atoms with Gasteiger partial charge in [0.2, 0.25) is 0 Å². The molecule has 0 aliphatic heterocycles. The van der Waals surface area contributed by atoms with E-state index in [1.165, 1.54) is 6.42 Å². The summed E-state index contributed by atoms with van der Waals surface area (Å²) in [6.45, 7) is 15.3. The fourth-order valence-electron chi connectivity index (χ4n) is 1.11. The topological polar surface area (TPSA) is 12.0 Å². The Labute approximate surface area is 133 Å². The van der Waals surface area contributed by atoms with Crippen molar-refractivity contribution in [3.63, 3.8) is 0 Å². The molecular weight excluding hydrogens is 283 g/mol. The van der Waals surface area contributed by atoms with E-state index in [1.54, 1.807) is 0 Å². The van der Waals surface area contributed by atoms with E-state index in [-0.39, 0.29) is 32.7 Å². The zero-order valence-electron chi connectivity index (χ0n) is 11.2. The van der Waals surface area contributed by atoms with E-state index >= 15 is 0 Å². The van der Waals surface area contributed by atoms with Crippen molar-refractivity contribution in [1.29, 1.82) is 0 Å². The number of anilines is 1. The van der Waals surface area contributed by atoms with Gasteiger partial charge in [0.1, 0.15) is 0 Å². The summed E-state index contributed by atoms with van der Waals surface area (Å²) in [7, 11) is 0. The van der Waals surface area contributed by atoms with Crippen molar-refractivity contribution in [3.8, 4) is 0 Å². The zero-order chi connectivity index (χ0) is 12.4. The van der Waals surface area contributed by atoms with E-state index in [0.29, 0.717) is 6.04 Å². The zero-order valence-corrected chi connectivity index (χ0v) is 14.0. The van der Waals surface area contributed by atoms with Gasteiger partial charge in [0.05, 0.1) is 0 Å². The van der Waals surface area contributed by atoms with Crippen LogP contribution in [0.4, 0.5) is 5.69 Å². The first-order chi connectivity index (χ1) is 7.60. The summed E-state index contributed by atoms with van der Waals surface area (Å²) in [5, 5.41) is 3.30. The second-order valence-corrected chi connectivity index (χ2v) is 4.06. The SMILES string of the molecule is [CH2-]CCC[CH2-].[CH2-]c1ccc(NC(C)C)cc1.[Y+3]. The van der Waals surface area contributed by atoms with E-state index in [9.17, 15) is 0 Å². The Kier molecular flexibility index (Phi) is 14.2. The Morgan fingerprint density at radius 1 is 1.06 bits per heavy atom. The molecule has 0 atom stereocenters. The average Bonchev–Trinajstić information content (AvgIpc) is 2.23. The van der Waals surface area contributed by atoms with Crippen LogP contribution in [0.2, 0.25) is 0 Å². The maximum absolute atomic E-state index is 3.81. The van der Waals surface area contributed by atoms with E-state index in [0.717, 1.165) is 24.1 Å². The standard InChI is InChI=1S/C10H14N.C5H10.Y/c1-8(2)11-10-6-4-9(3)5-7-10;1-3-5-4-2;/h4-8,11H,3H2,1-2H3;1-5H2;/q-1;-2;+3. The number of benzene rings is 1. The Hall–Kier alpha value is -0.00610. The minimum Gasteiger partial charge on any atom is -0.385 e. The first-order valence-electron chi connectivity index (χ1n) is 5.87. The van der Waals surface area contributed by atoms with Crippen LogP contribution in [-0.2, 0) is 32.7 Å². The van der Waals surface area contributed by atoms with E-state index < -0.39 is 0 Å². The number of rotatable bonds is 4. The van der Waals surface area contributed by atoms with Crippen LogP contribution in [0.1, 0.15) is 38.7 Å². The molecule has 0 bridgehead atoms. The fraction of sp³-hybridized carbons (Fsp3) is 0.400. The van der Waals surface area contributed by atoms with Crippen LogP contribution in [0.25, 0.3) is 0 Å². The third-order valence-electron chi connectivity index (χ3n) is 1.91. The van der Waals surface area contributed by atoms with Crippen molar-refractivity contribution < 1.29 is 32.7 Å². The molecule has 2 heteroatoms. The Bertz CT molecular complexity index is 252. The molecule has 1 aromatic carbocycles. The molecule has 92 valence electrons. The molecule has 0 aromatic heterocycles. The molecule has 0 aliphatic rings. The van der Waals surface area contributed by atoms with Crippen molar-refractivity contribution >= 4 is 5.69 Å². The summed E-state index contributed by atoms with van der Waals surface area (Å²) in [5.74, 6) is 0. The molecule has 0 saturated carbocycles. The molecule has 1 N–H and O–H groups in total. The Morgan fingerprint density at radius 3 is 1.82 bits per heavy atom. The molecule has 1 aromatic rings. The minimum atomic E-state index is 0. The van der Waals surface area contributed by atoms with Gasteiger partial charge in [0, 0.05) is 11.7 Å². The van der Waals surface area contributed by atoms with Gasteiger partial charge in [-0.2, -0.15) is 37.5 Å². The number of hydrogen-bond donors (Lipinski definition) is 1. The monoisotopic (exact) mass is 307 g/mol. The van der Waals surface area contributed by atoms with Crippen molar-refractivity contribution in [2.45, 2.75) is 39.2 Å². The summed E-state index contributed by atoms with van der Waals surface area (Å²) in [6.07, 6.45) is 3.23. The van der Waals surface area contributed by atoms with Crippen molar-refractivity contribution in [2.24, 2.45) is 0 Å². The average molecular weight is 307 g/mol. The quantitative estimate of drug-likeness (QED) is 0.807. The van der Waals surface area contributed by atoms with Gasteiger partial charge in [-0.3, -0.25) is 0 Å². The molecule has 0 fully saturated rings.